The molecular formula is C14H17ClN4S. The summed E-state index contributed by atoms with van der Waals surface area (Å²) in [5.74, 6) is 0. The summed E-state index contributed by atoms with van der Waals surface area (Å²) in [5, 5.41) is 2.07. The third-order valence-corrected chi connectivity index (χ3v) is 4.39. The molecule has 0 unspecified atom stereocenters. The molecule has 0 aliphatic heterocycles. The van der Waals surface area contributed by atoms with Gasteiger partial charge < -0.3 is 0 Å². The molecule has 0 amide bonds. The molecule has 0 bridgehead atoms. The molecule has 0 aliphatic carbocycles. The van der Waals surface area contributed by atoms with Crippen LogP contribution in [0.5, 0.6) is 0 Å². The van der Waals surface area contributed by atoms with Crippen molar-refractivity contribution in [2.45, 2.75) is 50.7 Å². The van der Waals surface area contributed by atoms with Gasteiger partial charge in [-0.25, -0.2) is 19.9 Å². The van der Waals surface area contributed by atoms with Crippen LogP contribution in [0.3, 0.4) is 0 Å². The first kappa shape index (κ1) is 15.2. The van der Waals surface area contributed by atoms with E-state index in [4.69, 9.17) is 11.6 Å². The monoisotopic (exact) mass is 308 g/mol. The fraction of sp³-hybridized carbons (Fsp3) is 0.429. The maximum Gasteiger partial charge on any atom is 0.194 e. The number of hydrogen-bond acceptors (Lipinski definition) is 5. The maximum absolute atomic E-state index is 6.16. The zero-order valence-corrected chi connectivity index (χ0v) is 13.6. The molecule has 0 aromatic carbocycles. The molecule has 0 saturated carbocycles. The second kappa shape index (κ2) is 6.50. The lowest BCUT2D eigenvalue weighted by atomic mass is 10.2. The smallest absolute Gasteiger partial charge is 0.194 e. The van der Waals surface area contributed by atoms with E-state index in [-0.39, 0.29) is 0 Å². The van der Waals surface area contributed by atoms with Gasteiger partial charge in [0.05, 0.1) is 0 Å². The van der Waals surface area contributed by atoms with Crippen LogP contribution in [-0.4, -0.2) is 19.9 Å². The molecular weight excluding hydrogens is 292 g/mol. The number of halogens is 1. The van der Waals surface area contributed by atoms with E-state index < -0.39 is 0 Å². The first-order valence-electron chi connectivity index (χ1n) is 6.52. The molecule has 106 valence electrons. The SMILES string of the molecule is CCCc1c(Cl)ncnc1Sc1nc(C)c(C)c(C)n1. The summed E-state index contributed by atoms with van der Waals surface area (Å²) in [6.07, 6.45) is 3.33. The lowest BCUT2D eigenvalue weighted by Crippen LogP contribution is -2.00. The van der Waals surface area contributed by atoms with Crippen LogP contribution in [-0.2, 0) is 6.42 Å². The summed E-state index contributed by atoms with van der Waals surface area (Å²) < 4.78 is 0. The third kappa shape index (κ3) is 3.27. The summed E-state index contributed by atoms with van der Waals surface area (Å²) in [7, 11) is 0. The van der Waals surface area contributed by atoms with Crippen LogP contribution in [0.4, 0.5) is 0 Å². The fourth-order valence-electron chi connectivity index (χ4n) is 1.80. The maximum atomic E-state index is 6.16. The highest BCUT2D eigenvalue weighted by Crippen LogP contribution is 2.30. The number of aromatic nitrogens is 4. The first-order chi connectivity index (χ1) is 9.52. The molecule has 0 saturated heterocycles. The molecule has 2 aromatic rings. The van der Waals surface area contributed by atoms with Crippen LogP contribution in [0, 0.1) is 20.8 Å². The minimum atomic E-state index is 0.518. The van der Waals surface area contributed by atoms with E-state index in [0.717, 1.165) is 40.4 Å². The first-order valence-corrected chi connectivity index (χ1v) is 7.71. The molecule has 20 heavy (non-hydrogen) atoms. The second-order valence-electron chi connectivity index (χ2n) is 4.60. The van der Waals surface area contributed by atoms with Gasteiger partial charge in [-0.2, -0.15) is 0 Å². The lowest BCUT2D eigenvalue weighted by molar-refractivity contribution is 0.844. The minimum absolute atomic E-state index is 0.518. The highest BCUT2D eigenvalue weighted by Gasteiger charge is 2.13. The van der Waals surface area contributed by atoms with E-state index in [1.807, 2.05) is 20.8 Å². The van der Waals surface area contributed by atoms with Crippen molar-refractivity contribution in [1.82, 2.24) is 19.9 Å². The number of rotatable bonds is 4. The van der Waals surface area contributed by atoms with Crippen molar-refractivity contribution in [1.29, 1.82) is 0 Å². The number of nitrogens with zero attached hydrogens (tertiary/aromatic N) is 4. The van der Waals surface area contributed by atoms with Gasteiger partial charge in [-0.1, -0.05) is 24.9 Å². The summed E-state index contributed by atoms with van der Waals surface area (Å²) in [6.45, 7) is 8.12. The summed E-state index contributed by atoms with van der Waals surface area (Å²) in [6, 6.07) is 0. The molecule has 4 nitrogen and oxygen atoms in total. The molecule has 6 heteroatoms. The van der Waals surface area contributed by atoms with Crippen molar-refractivity contribution in [2.24, 2.45) is 0 Å². The van der Waals surface area contributed by atoms with Crippen LogP contribution < -0.4 is 0 Å². The lowest BCUT2D eigenvalue weighted by Gasteiger charge is -2.09. The van der Waals surface area contributed by atoms with Gasteiger partial charge in [0.25, 0.3) is 0 Å². The molecule has 0 radical (unpaired) electrons. The van der Waals surface area contributed by atoms with Crippen LogP contribution in [0.2, 0.25) is 5.15 Å². The zero-order valence-electron chi connectivity index (χ0n) is 12.1. The zero-order chi connectivity index (χ0) is 14.7. The van der Waals surface area contributed by atoms with Crippen molar-refractivity contribution in [3.63, 3.8) is 0 Å². The van der Waals surface area contributed by atoms with E-state index in [1.54, 1.807) is 0 Å². The summed E-state index contributed by atoms with van der Waals surface area (Å²) in [4.78, 5) is 17.4. The van der Waals surface area contributed by atoms with Gasteiger partial charge in [-0.3, -0.25) is 0 Å². The normalized spacial score (nSPS) is 10.8. The molecule has 0 atom stereocenters. The molecule has 0 fully saturated rings. The predicted molar refractivity (Wildman–Crippen MR) is 81.4 cm³/mol. The van der Waals surface area contributed by atoms with E-state index in [1.165, 1.54) is 18.1 Å². The molecule has 2 heterocycles. The van der Waals surface area contributed by atoms with E-state index in [0.29, 0.717) is 10.3 Å². The van der Waals surface area contributed by atoms with E-state index >= 15 is 0 Å². The minimum Gasteiger partial charge on any atom is -0.229 e. The Morgan fingerprint density at radius 2 is 1.75 bits per heavy atom. The Hall–Kier alpha value is -1.20. The van der Waals surface area contributed by atoms with Gasteiger partial charge >= 0.3 is 0 Å². The molecule has 0 spiro atoms. The van der Waals surface area contributed by atoms with Gasteiger partial charge in [0, 0.05) is 17.0 Å². The third-order valence-electron chi connectivity index (χ3n) is 3.15. The van der Waals surface area contributed by atoms with Crippen LogP contribution in [0.1, 0.15) is 35.9 Å². The highest BCUT2D eigenvalue weighted by molar-refractivity contribution is 7.99. The quantitative estimate of drug-likeness (QED) is 0.632. The average molecular weight is 309 g/mol. The van der Waals surface area contributed by atoms with Crippen molar-refractivity contribution >= 4 is 23.4 Å². The Bertz CT molecular complexity index is 608. The molecule has 2 aromatic heterocycles. The van der Waals surface area contributed by atoms with E-state index in [9.17, 15) is 0 Å². The van der Waals surface area contributed by atoms with Gasteiger partial charge in [0.15, 0.2) is 5.16 Å². The average Bonchev–Trinajstić information content (AvgIpc) is 2.40. The topological polar surface area (TPSA) is 51.6 Å². The number of hydrogen-bond donors (Lipinski definition) is 0. The van der Waals surface area contributed by atoms with Crippen LogP contribution in [0.15, 0.2) is 16.5 Å². The van der Waals surface area contributed by atoms with Gasteiger partial charge in [-0.05, 0) is 44.5 Å². The summed E-state index contributed by atoms with van der Waals surface area (Å²) in [5.41, 5.74) is 4.10. The summed E-state index contributed by atoms with van der Waals surface area (Å²) >= 11 is 7.60. The van der Waals surface area contributed by atoms with Crippen LogP contribution in [0.25, 0.3) is 0 Å². The van der Waals surface area contributed by atoms with Gasteiger partial charge in [-0.15, -0.1) is 0 Å². The molecule has 0 aliphatic rings. The molecule has 0 N–H and O–H groups in total. The Balaban J connectivity index is 2.37. The highest BCUT2D eigenvalue weighted by atomic mass is 35.5. The van der Waals surface area contributed by atoms with Crippen molar-refractivity contribution < 1.29 is 0 Å². The van der Waals surface area contributed by atoms with Gasteiger partial charge in [0.2, 0.25) is 0 Å². The Labute approximate surface area is 128 Å². The van der Waals surface area contributed by atoms with E-state index in [2.05, 4.69) is 26.9 Å². The van der Waals surface area contributed by atoms with Crippen molar-refractivity contribution in [2.75, 3.05) is 0 Å². The Kier molecular flexibility index (Phi) is 4.94. The standard InChI is InChI=1S/C14H17ClN4S/c1-5-6-11-12(15)16-7-17-13(11)20-14-18-9(3)8(2)10(4)19-14/h7H,5-6H2,1-4H3. The largest absolute Gasteiger partial charge is 0.229 e. The van der Waals surface area contributed by atoms with Crippen molar-refractivity contribution in [3.05, 3.63) is 34.0 Å². The van der Waals surface area contributed by atoms with Crippen LogP contribution >= 0.6 is 23.4 Å². The Morgan fingerprint density at radius 1 is 1.10 bits per heavy atom. The molecule has 2 rings (SSSR count). The Morgan fingerprint density at radius 3 is 2.35 bits per heavy atom. The fourth-order valence-corrected chi connectivity index (χ4v) is 3.04. The predicted octanol–water partition coefficient (Wildman–Crippen LogP) is 3.95. The van der Waals surface area contributed by atoms with Crippen molar-refractivity contribution in [3.8, 4) is 0 Å². The second-order valence-corrected chi connectivity index (χ2v) is 5.92. The van der Waals surface area contributed by atoms with Gasteiger partial charge in [0.1, 0.15) is 16.5 Å². The number of aryl methyl sites for hydroxylation is 2.